The van der Waals surface area contributed by atoms with Gasteiger partial charge in [-0.15, -0.1) is 0 Å². The largest absolute Gasteiger partial charge is 2.00 e. The zero-order chi connectivity index (χ0) is 6.62. The third-order valence-electron chi connectivity index (χ3n) is 0.203. The predicted molar refractivity (Wildman–Crippen MR) is 23.2 cm³/mol. The van der Waals surface area contributed by atoms with E-state index in [2.05, 4.69) is 4.62 Å². The molecule has 6 nitrogen and oxygen atoms in total. The first-order chi connectivity index (χ1) is 3.56. The molecule has 0 aliphatic carbocycles. The molecule has 0 aliphatic rings. The molecule has 0 unspecified atom stereocenters. The van der Waals surface area contributed by atoms with Gasteiger partial charge in [-0.3, -0.25) is 0 Å². The zero-order valence-electron chi connectivity index (χ0n) is 4.23. The molecule has 0 amide bonds. The molecular weight excluding hydrogens is 175 g/mol. The fraction of sp³-hybridized carbons (Fsp3) is 0. The summed E-state index contributed by atoms with van der Waals surface area (Å²) in [7, 11) is -5.02. The summed E-state index contributed by atoms with van der Waals surface area (Å²) in [5.41, 5.74) is 1.21. The molecule has 9 heavy (non-hydrogen) atoms. The van der Waals surface area contributed by atoms with Crippen molar-refractivity contribution in [3.05, 3.63) is 0 Å². The van der Waals surface area contributed by atoms with Crippen molar-refractivity contribution in [3.63, 3.8) is 0 Å². The average Bonchev–Trinajstić information content (AvgIpc) is 1.59. The van der Waals surface area contributed by atoms with E-state index in [1.54, 1.807) is 0 Å². The summed E-state index contributed by atoms with van der Waals surface area (Å²) in [5, 5.41) is 7.54. The van der Waals surface area contributed by atoms with Crippen molar-refractivity contribution < 1.29 is 19.0 Å². The minimum Gasteiger partial charge on any atom is -0.788 e. The van der Waals surface area contributed by atoms with Gasteiger partial charge in [-0.2, -0.15) is 10.7 Å². The molecule has 0 radical (unpaired) electrons. The Kier molecular flexibility index (Phi) is 7.47. The van der Waals surface area contributed by atoms with E-state index in [4.69, 9.17) is 5.26 Å². The van der Waals surface area contributed by atoms with Crippen LogP contribution in [0, 0.1) is 11.5 Å². The topological polar surface area (TPSA) is 108 Å². The Labute approximate surface area is 81.0 Å². The van der Waals surface area contributed by atoms with E-state index in [1.807, 2.05) is 0 Å². The van der Waals surface area contributed by atoms with Gasteiger partial charge >= 0.3 is 37.7 Å². The van der Waals surface area contributed by atoms with E-state index >= 15 is 0 Å². The Morgan fingerprint density at radius 2 is 2.11 bits per heavy atom. The Bertz CT molecular complexity index is 147. The SMILES string of the molecule is N#CNOP(=O)([O-])[O-].[Ca+2]. The number of nitriles is 1. The van der Waals surface area contributed by atoms with Gasteiger partial charge in [-0.05, 0) is 0 Å². The van der Waals surface area contributed by atoms with Crippen molar-refractivity contribution in [1.29, 1.82) is 5.26 Å². The summed E-state index contributed by atoms with van der Waals surface area (Å²) in [4.78, 5) is 18.9. The smallest absolute Gasteiger partial charge is 0.788 e. The maximum Gasteiger partial charge on any atom is 2.00 e. The minimum atomic E-state index is -5.02. The van der Waals surface area contributed by atoms with Gasteiger partial charge in [0.15, 0.2) is 0 Å². The maximum absolute atomic E-state index is 9.43. The van der Waals surface area contributed by atoms with Crippen molar-refractivity contribution in [2.24, 2.45) is 0 Å². The van der Waals surface area contributed by atoms with Crippen LogP contribution in [-0.2, 0) is 9.19 Å². The molecule has 0 aliphatic heterocycles. The first kappa shape index (κ1) is 12.3. The van der Waals surface area contributed by atoms with Crippen LogP contribution in [0.3, 0.4) is 0 Å². The first-order valence-corrected chi connectivity index (χ1v) is 2.87. The van der Waals surface area contributed by atoms with Gasteiger partial charge in [-0.1, -0.05) is 0 Å². The third kappa shape index (κ3) is 12.0. The van der Waals surface area contributed by atoms with Crippen LogP contribution in [0.4, 0.5) is 0 Å². The molecule has 0 fully saturated rings. The molecule has 0 saturated heterocycles. The van der Waals surface area contributed by atoms with Crippen molar-refractivity contribution in [3.8, 4) is 6.19 Å². The molecule has 0 bridgehead atoms. The Balaban J connectivity index is 0. The number of hydrogen-bond acceptors (Lipinski definition) is 6. The summed E-state index contributed by atoms with van der Waals surface area (Å²) >= 11 is 0. The van der Waals surface area contributed by atoms with E-state index in [0.717, 1.165) is 6.19 Å². The van der Waals surface area contributed by atoms with Crippen LogP contribution in [-0.4, -0.2) is 37.7 Å². The van der Waals surface area contributed by atoms with Crippen LogP contribution in [0.5, 0.6) is 0 Å². The summed E-state index contributed by atoms with van der Waals surface area (Å²) in [6.45, 7) is 0. The van der Waals surface area contributed by atoms with E-state index in [-0.39, 0.29) is 37.7 Å². The van der Waals surface area contributed by atoms with Crippen LogP contribution in [0.15, 0.2) is 0 Å². The summed E-state index contributed by atoms with van der Waals surface area (Å²) in [6, 6.07) is 0. The first-order valence-electron chi connectivity index (χ1n) is 1.41. The zero-order valence-corrected chi connectivity index (χ0v) is 7.34. The van der Waals surface area contributed by atoms with Gasteiger partial charge in [0.05, 0.1) is 7.82 Å². The second-order valence-corrected chi connectivity index (χ2v) is 1.83. The second kappa shape index (κ2) is 5.45. The monoisotopic (exact) mass is 176 g/mol. The van der Waals surface area contributed by atoms with Crippen LogP contribution >= 0.6 is 7.82 Å². The fourth-order valence-electron chi connectivity index (χ4n) is 0.0763. The average molecular weight is 176 g/mol. The molecule has 0 rings (SSSR count). The molecule has 1 N–H and O–H groups in total. The summed E-state index contributed by atoms with van der Waals surface area (Å²) in [6.07, 6.45) is 1.08. The second-order valence-electron chi connectivity index (χ2n) is 0.752. The molecule has 46 valence electrons. The maximum atomic E-state index is 9.43. The van der Waals surface area contributed by atoms with Gasteiger partial charge in [0.2, 0.25) is 6.19 Å². The van der Waals surface area contributed by atoms with Gasteiger partial charge in [0, 0.05) is 0 Å². The molecule has 0 aromatic heterocycles. The van der Waals surface area contributed by atoms with Crippen molar-refractivity contribution in [2.45, 2.75) is 0 Å². The number of hydrogen-bond donors (Lipinski definition) is 1. The predicted octanol–water partition coefficient (Wildman–Crippen LogP) is -2.56. The quantitative estimate of drug-likeness (QED) is 0.163. The van der Waals surface area contributed by atoms with Crippen LogP contribution in [0.25, 0.3) is 0 Å². The number of hydroxylamine groups is 1. The summed E-state index contributed by atoms with van der Waals surface area (Å²) in [5.74, 6) is 0. The molecule has 0 spiro atoms. The van der Waals surface area contributed by atoms with Crippen molar-refractivity contribution in [2.75, 3.05) is 0 Å². The normalized spacial score (nSPS) is 9.00. The van der Waals surface area contributed by atoms with Gasteiger partial charge in [0.1, 0.15) is 0 Å². The van der Waals surface area contributed by atoms with Crippen molar-refractivity contribution >= 4 is 45.6 Å². The Morgan fingerprint density at radius 1 is 1.67 bits per heavy atom. The molecule has 0 saturated carbocycles. The van der Waals surface area contributed by atoms with E-state index in [1.165, 1.54) is 5.48 Å². The number of phosphoric acid groups is 1. The van der Waals surface area contributed by atoms with Crippen LogP contribution in [0.1, 0.15) is 0 Å². The molecule has 0 heterocycles. The van der Waals surface area contributed by atoms with Crippen LogP contribution in [0.2, 0.25) is 0 Å². The van der Waals surface area contributed by atoms with E-state index < -0.39 is 7.82 Å². The van der Waals surface area contributed by atoms with Gasteiger partial charge in [-0.25, -0.2) is 4.62 Å². The summed E-state index contributed by atoms with van der Waals surface area (Å²) < 4.78 is 12.6. The number of rotatable bonds is 2. The fourth-order valence-corrected chi connectivity index (χ4v) is 0.229. The molecule has 0 atom stereocenters. The standard InChI is InChI=1S/CH3N2O4P.Ca/c2-1-3-7-8(4,5)6;/h3H,(H2,4,5,6);/q;+2/p-2. The molecular formula is CHCaN2O4P. The van der Waals surface area contributed by atoms with E-state index in [9.17, 15) is 14.4 Å². The van der Waals surface area contributed by atoms with E-state index in [0.29, 0.717) is 0 Å². The molecule has 0 aromatic carbocycles. The van der Waals surface area contributed by atoms with Gasteiger partial charge < -0.3 is 14.4 Å². The van der Waals surface area contributed by atoms with Crippen molar-refractivity contribution in [1.82, 2.24) is 5.48 Å². The number of nitrogens with zero attached hydrogens (tertiary/aromatic N) is 1. The Hall–Kier alpha value is 0.660. The van der Waals surface area contributed by atoms with Gasteiger partial charge in [0.25, 0.3) is 0 Å². The van der Waals surface area contributed by atoms with Crippen LogP contribution < -0.4 is 15.3 Å². The minimum absolute atomic E-state index is 0. The third-order valence-corrected chi connectivity index (χ3v) is 0.518. The molecule has 0 aromatic rings. The number of nitrogens with one attached hydrogen (secondary N) is 1. The Morgan fingerprint density at radius 3 is 2.22 bits per heavy atom. The molecule has 8 heteroatoms.